The zero-order valence-electron chi connectivity index (χ0n) is 22.9. The van der Waals surface area contributed by atoms with Crippen LogP contribution >= 0.6 is 0 Å². The van der Waals surface area contributed by atoms with Crippen LogP contribution in [0.4, 0.5) is 17.6 Å². The van der Waals surface area contributed by atoms with Crippen LogP contribution in [0.25, 0.3) is 10.8 Å². The molecule has 0 aliphatic heterocycles. The predicted octanol–water partition coefficient (Wildman–Crippen LogP) is 9.45. The molecule has 0 atom stereocenters. The van der Waals surface area contributed by atoms with Gasteiger partial charge in [0.15, 0.2) is 6.61 Å². The zero-order chi connectivity index (χ0) is 28.4. The normalized spacial score (nSPS) is 11.6. The third-order valence-electron chi connectivity index (χ3n) is 7.00. The van der Waals surface area contributed by atoms with E-state index in [4.69, 9.17) is 9.47 Å². The molecule has 212 valence electrons. The Labute approximate surface area is 233 Å². The minimum absolute atomic E-state index is 0.160. The first-order chi connectivity index (χ1) is 19.3. The molecule has 0 amide bonds. The maximum atomic E-state index is 15.3. The summed E-state index contributed by atoms with van der Waals surface area (Å²) in [7, 11) is 0. The fourth-order valence-corrected chi connectivity index (χ4v) is 4.69. The summed E-state index contributed by atoms with van der Waals surface area (Å²) < 4.78 is 62.8. The Bertz CT molecular complexity index is 1350. The van der Waals surface area contributed by atoms with Gasteiger partial charge in [0, 0.05) is 5.39 Å². The smallest absolute Gasteiger partial charge is 0.422 e. The molecule has 6 heteroatoms. The largest absolute Gasteiger partial charge is 0.494 e. The number of rotatable bonds is 14. The van der Waals surface area contributed by atoms with Crippen molar-refractivity contribution in [3.05, 3.63) is 107 Å². The van der Waals surface area contributed by atoms with Gasteiger partial charge in [0.05, 0.1) is 6.61 Å². The molecule has 4 aromatic rings. The van der Waals surface area contributed by atoms with Gasteiger partial charge in [0.1, 0.15) is 17.3 Å². The van der Waals surface area contributed by atoms with Gasteiger partial charge in [0.25, 0.3) is 0 Å². The quantitative estimate of drug-likeness (QED) is 0.115. The van der Waals surface area contributed by atoms with Crippen LogP contribution in [0.1, 0.15) is 54.9 Å². The van der Waals surface area contributed by atoms with Crippen molar-refractivity contribution in [1.82, 2.24) is 0 Å². The van der Waals surface area contributed by atoms with Crippen molar-refractivity contribution in [3.8, 4) is 11.5 Å². The van der Waals surface area contributed by atoms with Gasteiger partial charge in [-0.2, -0.15) is 13.2 Å². The second kappa shape index (κ2) is 14.2. The highest BCUT2D eigenvalue weighted by Crippen LogP contribution is 2.25. The first-order valence-electron chi connectivity index (χ1n) is 14.0. The first kappa shape index (κ1) is 29.4. The molecule has 0 aromatic heterocycles. The number of unbranched alkanes of at least 4 members (excludes halogenated alkanes) is 3. The van der Waals surface area contributed by atoms with Gasteiger partial charge in [-0.1, -0.05) is 80.8 Å². The van der Waals surface area contributed by atoms with E-state index in [1.165, 1.54) is 37.0 Å². The van der Waals surface area contributed by atoms with Crippen molar-refractivity contribution in [1.29, 1.82) is 0 Å². The maximum absolute atomic E-state index is 15.3. The number of hydrogen-bond acceptors (Lipinski definition) is 2. The number of alkyl halides is 3. The Kier molecular flexibility index (Phi) is 10.5. The highest BCUT2D eigenvalue weighted by Gasteiger charge is 2.28. The first-order valence-corrected chi connectivity index (χ1v) is 14.0. The molecule has 0 spiro atoms. The molecule has 0 saturated heterocycles. The third-order valence-corrected chi connectivity index (χ3v) is 7.00. The van der Waals surface area contributed by atoms with E-state index in [-0.39, 0.29) is 11.6 Å². The fourth-order valence-electron chi connectivity index (χ4n) is 4.69. The van der Waals surface area contributed by atoms with Gasteiger partial charge in [-0.15, -0.1) is 0 Å². The number of halogens is 4. The van der Waals surface area contributed by atoms with Crippen molar-refractivity contribution < 1.29 is 27.0 Å². The van der Waals surface area contributed by atoms with Crippen LogP contribution in [0.3, 0.4) is 0 Å². The van der Waals surface area contributed by atoms with E-state index in [2.05, 4.69) is 25.1 Å². The summed E-state index contributed by atoms with van der Waals surface area (Å²) in [5.41, 5.74) is 3.91. The Morgan fingerprint density at radius 1 is 0.625 bits per heavy atom. The van der Waals surface area contributed by atoms with Crippen LogP contribution in [-0.4, -0.2) is 19.4 Å². The number of hydrogen-bond donors (Lipinski definition) is 0. The minimum atomic E-state index is -4.37. The van der Waals surface area contributed by atoms with E-state index in [1.807, 2.05) is 36.4 Å². The van der Waals surface area contributed by atoms with Gasteiger partial charge < -0.3 is 9.47 Å². The highest BCUT2D eigenvalue weighted by molar-refractivity contribution is 5.84. The molecule has 4 rings (SSSR count). The molecule has 0 unspecified atom stereocenters. The molecule has 0 aliphatic rings. The zero-order valence-corrected chi connectivity index (χ0v) is 22.9. The van der Waals surface area contributed by atoms with Crippen LogP contribution in [-0.2, 0) is 25.7 Å². The lowest BCUT2D eigenvalue weighted by Crippen LogP contribution is -2.19. The van der Waals surface area contributed by atoms with E-state index in [0.717, 1.165) is 48.1 Å². The minimum Gasteiger partial charge on any atom is -0.494 e. The van der Waals surface area contributed by atoms with Gasteiger partial charge in [0.2, 0.25) is 0 Å². The summed E-state index contributed by atoms with van der Waals surface area (Å²) in [6.07, 6.45) is 3.20. The summed E-state index contributed by atoms with van der Waals surface area (Å²) in [6, 6.07) is 24.4. The molecular formula is C34H36F4O2. The highest BCUT2D eigenvalue weighted by atomic mass is 19.4. The van der Waals surface area contributed by atoms with Gasteiger partial charge in [-0.25, -0.2) is 4.39 Å². The van der Waals surface area contributed by atoms with Crippen LogP contribution in [0.15, 0.2) is 78.9 Å². The SMILES string of the molecule is CCCCCCOc1ccc(CCc2ccc3c(F)c(CCc4ccc(OCC(F)(F)F)cc4)ccc3c2)cc1. The molecule has 0 radical (unpaired) electrons. The van der Waals surface area contributed by atoms with Crippen molar-refractivity contribution in [2.24, 2.45) is 0 Å². The number of ether oxygens (including phenoxy) is 2. The second-order valence-electron chi connectivity index (χ2n) is 10.2. The predicted molar refractivity (Wildman–Crippen MR) is 153 cm³/mol. The molecule has 4 aromatic carbocycles. The number of aryl methyl sites for hydroxylation is 4. The average Bonchev–Trinajstić information content (AvgIpc) is 2.95. The lowest BCUT2D eigenvalue weighted by atomic mass is 9.97. The average molecular weight is 553 g/mol. The third kappa shape index (κ3) is 9.00. The van der Waals surface area contributed by atoms with Gasteiger partial charge in [-0.3, -0.25) is 0 Å². The summed E-state index contributed by atoms with van der Waals surface area (Å²) in [5.74, 6) is 0.844. The Hall–Kier alpha value is -3.54. The molecular weight excluding hydrogens is 516 g/mol. The molecule has 0 N–H and O–H groups in total. The lowest BCUT2D eigenvalue weighted by Gasteiger charge is -2.11. The Morgan fingerprint density at radius 2 is 1.23 bits per heavy atom. The second-order valence-corrected chi connectivity index (χ2v) is 10.2. The Balaban J connectivity index is 1.29. The number of fused-ring (bicyclic) bond motifs is 1. The van der Waals surface area contributed by atoms with Crippen LogP contribution in [0.2, 0.25) is 0 Å². The van der Waals surface area contributed by atoms with Crippen LogP contribution < -0.4 is 9.47 Å². The molecule has 0 bridgehead atoms. The summed E-state index contributed by atoms with van der Waals surface area (Å²) in [5, 5.41) is 1.47. The van der Waals surface area contributed by atoms with Gasteiger partial charge >= 0.3 is 6.18 Å². The van der Waals surface area contributed by atoms with Crippen molar-refractivity contribution in [3.63, 3.8) is 0 Å². The van der Waals surface area contributed by atoms with E-state index in [0.29, 0.717) is 23.8 Å². The molecule has 40 heavy (non-hydrogen) atoms. The van der Waals surface area contributed by atoms with E-state index in [9.17, 15) is 13.2 Å². The van der Waals surface area contributed by atoms with Crippen molar-refractivity contribution in [2.75, 3.05) is 13.2 Å². The fraction of sp³-hybridized carbons (Fsp3) is 0.353. The monoisotopic (exact) mass is 552 g/mol. The maximum Gasteiger partial charge on any atom is 0.422 e. The molecule has 2 nitrogen and oxygen atoms in total. The summed E-state index contributed by atoms with van der Waals surface area (Å²) in [4.78, 5) is 0. The lowest BCUT2D eigenvalue weighted by molar-refractivity contribution is -0.153. The summed E-state index contributed by atoms with van der Waals surface area (Å²) >= 11 is 0. The van der Waals surface area contributed by atoms with Crippen molar-refractivity contribution in [2.45, 2.75) is 64.5 Å². The molecule has 0 saturated carbocycles. The molecule has 0 fully saturated rings. The number of benzene rings is 4. The van der Waals surface area contributed by atoms with E-state index in [1.54, 1.807) is 12.1 Å². The van der Waals surface area contributed by atoms with Gasteiger partial charge in [-0.05, 0) is 84.0 Å². The molecule has 0 aliphatic carbocycles. The van der Waals surface area contributed by atoms with Crippen molar-refractivity contribution >= 4 is 10.8 Å². The standard InChI is InChI=1S/C34H36F4O2/c1-2-3-4-5-22-39-30-17-9-25(10-18-30)6-7-27-13-21-32-29(23-27)16-15-28(33(32)35)14-8-26-11-19-31(20-12-26)40-24-34(36,37)38/h9-13,15-21,23H,2-8,14,22,24H2,1H3. The molecule has 0 heterocycles. The van der Waals surface area contributed by atoms with E-state index >= 15 is 4.39 Å². The Morgan fingerprint density at radius 3 is 1.88 bits per heavy atom. The topological polar surface area (TPSA) is 18.5 Å². The van der Waals surface area contributed by atoms with Crippen LogP contribution in [0.5, 0.6) is 11.5 Å². The van der Waals surface area contributed by atoms with Crippen LogP contribution in [0, 0.1) is 5.82 Å². The van der Waals surface area contributed by atoms with E-state index < -0.39 is 12.8 Å². The summed E-state index contributed by atoms with van der Waals surface area (Å²) in [6.45, 7) is 1.63.